The van der Waals surface area contributed by atoms with Gasteiger partial charge < -0.3 is 15.3 Å². The SMILES string of the molecule is CNSc1ccc(Nc2ncc(C(F)(F)F)c(N3CCC(C)(O)CC3)n2)c(F)c1. The number of piperidine rings is 1. The third-order valence-corrected chi connectivity index (χ3v) is 5.31. The van der Waals surface area contributed by atoms with Crippen molar-refractivity contribution in [3.8, 4) is 0 Å². The molecule has 158 valence electrons. The van der Waals surface area contributed by atoms with Crippen LogP contribution < -0.4 is 14.9 Å². The number of nitrogens with zero attached hydrogens (tertiary/aromatic N) is 3. The van der Waals surface area contributed by atoms with Gasteiger partial charge in [0.1, 0.15) is 17.2 Å². The fourth-order valence-corrected chi connectivity index (χ4v) is 3.51. The van der Waals surface area contributed by atoms with Crippen LogP contribution >= 0.6 is 11.9 Å². The smallest absolute Gasteiger partial charge is 0.390 e. The lowest BCUT2D eigenvalue weighted by atomic mass is 9.94. The zero-order valence-corrected chi connectivity index (χ0v) is 16.7. The number of nitrogens with one attached hydrogen (secondary N) is 2. The Labute approximate surface area is 169 Å². The molecule has 1 aromatic carbocycles. The molecule has 29 heavy (non-hydrogen) atoms. The minimum absolute atomic E-state index is 0.0535. The highest BCUT2D eigenvalue weighted by atomic mass is 32.2. The van der Waals surface area contributed by atoms with Gasteiger partial charge in [-0.15, -0.1) is 0 Å². The standard InChI is InChI=1S/C18H21F4N5OS/c1-17(28)5-7-27(8-6-17)15-12(18(20,21)22)10-24-16(26-15)25-14-4-3-11(29-23-2)9-13(14)19/h3-4,9-10,23,28H,5-8H2,1-2H3,(H,24,25,26). The van der Waals surface area contributed by atoms with E-state index in [1.807, 2.05) is 0 Å². The van der Waals surface area contributed by atoms with Crippen molar-refractivity contribution in [1.29, 1.82) is 0 Å². The topological polar surface area (TPSA) is 73.3 Å². The predicted molar refractivity (Wildman–Crippen MR) is 104 cm³/mol. The third-order valence-electron chi connectivity index (χ3n) is 4.62. The van der Waals surface area contributed by atoms with Crippen LogP contribution in [0.25, 0.3) is 0 Å². The Morgan fingerprint density at radius 1 is 1.24 bits per heavy atom. The fourth-order valence-electron chi connectivity index (χ4n) is 2.97. The number of aliphatic hydroxyl groups is 1. The highest BCUT2D eigenvalue weighted by molar-refractivity contribution is 7.97. The van der Waals surface area contributed by atoms with Crippen LogP contribution in [0.3, 0.4) is 0 Å². The van der Waals surface area contributed by atoms with Gasteiger partial charge in [-0.3, -0.25) is 4.72 Å². The summed E-state index contributed by atoms with van der Waals surface area (Å²) < 4.78 is 57.5. The van der Waals surface area contributed by atoms with Crippen molar-refractivity contribution in [3.63, 3.8) is 0 Å². The number of anilines is 3. The third kappa shape index (κ3) is 5.28. The maximum absolute atomic E-state index is 14.3. The first kappa shape index (κ1) is 21.6. The second kappa shape index (κ2) is 8.33. The molecule has 0 unspecified atom stereocenters. The Hall–Kier alpha value is -2.11. The molecule has 3 N–H and O–H groups in total. The van der Waals surface area contributed by atoms with E-state index in [9.17, 15) is 22.7 Å². The number of hydrogen-bond acceptors (Lipinski definition) is 7. The molecule has 1 aliphatic heterocycles. The van der Waals surface area contributed by atoms with Crippen LogP contribution in [0.4, 0.5) is 35.0 Å². The van der Waals surface area contributed by atoms with Crippen LogP contribution in [0.15, 0.2) is 29.3 Å². The van der Waals surface area contributed by atoms with Gasteiger partial charge >= 0.3 is 6.18 Å². The van der Waals surface area contributed by atoms with E-state index in [0.717, 1.165) is 0 Å². The van der Waals surface area contributed by atoms with E-state index in [1.54, 1.807) is 20.0 Å². The summed E-state index contributed by atoms with van der Waals surface area (Å²) in [5.74, 6) is -1.00. The highest BCUT2D eigenvalue weighted by Crippen LogP contribution is 2.37. The van der Waals surface area contributed by atoms with Gasteiger partial charge in [0.25, 0.3) is 0 Å². The Bertz CT molecular complexity index is 868. The van der Waals surface area contributed by atoms with Crippen LogP contribution in [0.5, 0.6) is 0 Å². The lowest BCUT2D eigenvalue weighted by Gasteiger charge is -2.37. The monoisotopic (exact) mass is 431 g/mol. The minimum atomic E-state index is -4.63. The molecule has 1 fully saturated rings. The van der Waals surface area contributed by atoms with E-state index in [2.05, 4.69) is 20.0 Å². The predicted octanol–water partition coefficient (Wildman–Crippen LogP) is 3.96. The van der Waals surface area contributed by atoms with Crippen LogP contribution in [0, 0.1) is 5.82 Å². The Morgan fingerprint density at radius 2 is 1.93 bits per heavy atom. The molecule has 2 heterocycles. The van der Waals surface area contributed by atoms with Crippen molar-refractivity contribution in [1.82, 2.24) is 14.7 Å². The molecule has 2 aromatic rings. The van der Waals surface area contributed by atoms with Crippen LogP contribution in [0.1, 0.15) is 25.3 Å². The maximum Gasteiger partial charge on any atom is 0.421 e. The molecule has 3 rings (SSSR count). The summed E-state index contributed by atoms with van der Waals surface area (Å²) in [4.78, 5) is 9.86. The largest absolute Gasteiger partial charge is 0.421 e. The average Bonchev–Trinajstić information content (AvgIpc) is 2.63. The van der Waals surface area contributed by atoms with Crippen molar-refractivity contribution in [2.24, 2.45) is 0 Å². The molecular formula is C18H21F4N5OS. The number of aromatic nitrogens is 2. The first-order valence-corrected chi connectivity index (χ1v) is 9.72. The van der Waals surface area contributed by atoms with E-state index < -0.39 is 23.2 Å². The molecule has 1 aromatic heterocycles. The van der Waals surface area contributed by atoms with Gasteiger partial charge in [-0.2, -0.15) is 18.2 Å². The number of rotatable bonds is 5. The average molecular weight is 431 g/mol. The summed E-state index contributed by atoms with van der Waals surface area (Å²) in [5, 5.41) is 12.7. The van der Waals surface area contributed by atoms with Crippen LogP contribution in [-0.2, 0) is 6.18 Å². The summed E-state index contributed by atoms with van der Waals surface area (Å²) >= 11 is 1.23. The van der Waals surface area contributed by atoms with Crippen molar-refractivity contribution >= 4 is 29.4 Å². The van der Waals surface area contributed by atoms with Gasteiger partial charge in [0.05, 0.1) is 11.3 Å². The molecule has 0 saturated carbocycles. The summed E-state index contributed by atoms with van der Waals surface area (Å²) in [6.07, 6.45) is -3.31. The minimum Gasteiger partial charge on any atom is -0.390 e. The van der Waals surface area contributed by atoms with E-state index in [1.165, 1.54) is 29.0 Å². The van der Waals surface area contributed by atoms with Gasteiger partial charge in [0.2, 0.25) is 5.95 Å². The normalized spacial score (nSPS) is 16.7. The fraction of sp³-hybridized carbons (Fsp3) is 0.444. The van der Waals surface area contributed by atoms with E-state index in [0.29, 0.717) is 23.9 Å². The lowest BCUT2D eigenvalue weighted by molar-refractivity contribution is -0.137. The molecule has 0 atom stereocenters. The summed E-state index contributed by atoms with van der Waals surface area (Å²) in [6.45, 7) is 2.09. The molecule has 0 aliphatic carbocycles. The van der Waals surface area contributed by atoms with E-state index >= 15 is 0 Å². The molecule has 11 heteroatoms. The molecule has 0 bridgehead atoms. The van der Waals surface area contributed by atoms with E-state index in [4.69, 9.17) is 0 Å². The summed E-state index contributed by atoms with van der Waals surface area (Å²) in [5.41, 5.74) is -1.83. The molecule has 6 nitrogen and oxygen atoms in total. The maximum atomic E-state index is 14.3. The van der Waals surface area contributed by atoms with Crippen molar-refractivity contribution in [2.75, 3.05) is 30.4 Å². The van der Waals surface area contributed by atoms with Crippen LogP contribution in [0.2, 0.25) is 0 Å². The highest BCUT2D eigenvalue weighted by Gasteiger charge is 2.38. The Morgan fingerprint density at radius 3 is 2.52 bits per heavy atom. The molecule has 1 aliphatic rings. The summed E-state index contributed by atoms with van der Waals surface area (Å²) in [6, 6.07) is 4.42. The molecule has 0 spiro atoms. The second-order valence-corrected chi connectivity index (χ2v) is 8.07. The number of halogens is 4. The molecular weight excluding hydrogens is 410 g/mol. The molecule has 0 amide bonds. The van der Waals surface area contributed by atoms with Gasteiger partial charge in [0.15, 0.2) is 0 Å². The Kier molecular flexibility index (Phi) is 6.20. The lowest BCUT2D eigenvalue weighted by Crippen LogP contribution is -2.43. The van der Waals surface area contributed by atoms with Gasteiger partial charge in [-0.1, -0.05) is 0 Å². The zero-order chi connectivity index (χ0) is 21.2. The van der Waals surface area contributed by atoms with Crippen molar-refractivity contribution in [3.05, 3.63) is 35.8 Å². The van der Waals surface area contributed by atoms with Gasteiger partial charge in [-0.05, 0) is 57.0 Å². The second-order valence-electron chi connectivity index (χ2n) is 6.99. The molecule has 0 radical (unpaired) electrons. The number of hydrogen-bond donors (Lipinski definition) is 3. The quantitative estimate of drug-likeness (QED) is 0.489. The summed E-state index contributed by atoms with van der Waals surface area (Å²) in [7, 11) is 1.70. The molecule has 1 saturated heterocycles. The van der Waals surface area contributed by atoms with Gasteiger partial charge in [0, 0.05) is 24.2 Å². The number of alkyl halides is 3. The number of benzene rings is 1. The van der Waals surface area contributed by atoms with Crippen LogP contribution in [-0.4, -0.2) is 40.8 Å². The first-order chi connectivity index (χ1) is 13.6. The van der Waals surface area contributed by atoms with Gasteiger partial charge in [-0.25, -0.2) is 9.37 Å². The van der Waals surface area contributed by atoms with Crippen molar-refractivity contribution in [2.45, 2.75) is 36.4 Å². The first-order valence-electron chi connectivity index (χ1n) is 8.91. The Balaban J connectivity index is 1.89. The van der Waals surface area contributed by atoms with E-state index in [-0.39, 0.29) is 30.5 Å². The zero-order valence-electron chi connectivity index (χ0n) is 15.8. The van der Waals surface area contributed by atoms with Crippen molar-refractivity contribution < 1.29 is 22.7 Å².